The first-order valence-corrected chi connectivity index (χ1v) is 11.1. The number of hydrogen-bond donors (Lipinski definition) is 1. The molecule has 2 aromatic heterocycles. The van der Waals surface area contributed by atoms with E-state index in [0.717, 1.165) is 18.4 Å². The smallest absolute Gasteiger partial charge is 0.230 e. The van der Waals surface area contributed by atoms with Gasteiger partial charge >= 0.3 is 0 Å². The molecule has 0 aliphatic heterocycles. The summed E-state index contributed by atoms with van der Waals surface area (Å²) in [6.45, 7) is 4.86. The Hall–Kier alpha value is -2.54. The van der Waals surface area contributed by atoms with Crippen molar-refractivity contribution < 1.29 is 9.21 Å². The molecule has 0 saturated carbocycles. The molecule has 0 aliphatic rings. The first kappa shape index (κ1) is 21.2. The molecule has 0 saturated heterocycles. The number of amides is 1. The van der Waals surface area contributed by atoms with Crippen molar-refractivity contribution in [3.63, 3.8) is 0 Å². The van der Waals surface area contributed by atoms with Gasteiger partial charge in [0.05, 0.1) is 18.6 Å². The van der Waals surface area contributed by atoms with Gasteiger partial charge in [-0.25, -0.2) is 0 Å². The number of benzene rings is 1. The third kappa shape index (κ3) is 6.22. The first-order chi connectivity index (χ1) is 14.2. The van der Waals surface area contributed by atoms with Crippen LogP contribution in [0.2, 0.25) is 0 Å². The van der Waals surface area contributed by atoms with Crippen molar-refractivity contribution >= 4 is 17.7 Å². The van der Waals surface area contributed by atoms with Crippen molar-refractivity contribution in [1.29, 1.82) is 0 Å². The van der Waals surface area contributed by atoms with Crippen molar-refractivity contribution in [2.45, 2.75) is 57.3 Å². The van der Waals surface area contributed by atoms with Crippen molar-refractivity contribution in [3.05, 3.63) is 54.3 Å². The largest absolute Gasteiger partial charge is 0.461 e. The maximum atomic E-state index is 12.4. The van der Waals surface area contributed by atoms with Crippen LogP contribution in [0.3, 0.4) is 0 Å². The molecular weight excluding hydrogens is 384 g/mol. The molecule has 3 aromatic rings. The lowest BCUT2D eigenvalue weighted by molar-refractivity contribution is -0.119. The summed E-state index contributed by atoms with van der Waals surface area (Å²) >= 11 is 1.40. The summed E-state index contributed by atoms with van der Waals surface area (Å²) in [5.74, 6) is 1.65. The molecule has 0 unspecified atom stereocenters. The highest BCUT2D eigenvalue weighted by atomic mass is 32.2. The van der Waals surface area contributed by atoms with Crippen LogP contribution in [0.15, 0.2) is 58.3 Å². The molecule has 1 aromatic carbocycles. The van der Waals surface area contributed by atoms with Gasteiger partial charge in [0.15, 0.2) is 10.9 Å². The van der Waals surface area contributed by atoms with Crippen LogP contribution in [0.4, 0.5) is 0 Å². The highest BCUT2D eigenvalue weighted by molar-refractivity contribution is 7.99. The van der Waals surface area contributed by atoms with Crippen LogP contribution in [0.25, 0.3) is 11.6 Å². The molecule has 2 heterocycles. The van der Waals surface area contributed by atoms with E-state index in [-0.39, 0.29) is 11.9 Å². The third-order valence-corrected chi connectivity index (χ3v) is 5.59. The fourth-order valence-electron chi connectivity index (χ4n) is 3.11. The molecule has 29 heavy (non-hydrogen) atoms. The quantitative estimate of drug-likeness (QED) is 0.363. The SMILES string of the molecule is CCCCC[C@@H](C)NC(=O)CSc1nnc(-c2ccco2)n1Cc1ccccc1. The second-order valence-corrected chi connectivity index (χ2v) is 8.05. The molecule has 7 heteroatoms. The highest BCUT2D eigenvalue weighted by Crippen LogP contribution is 2.25. The molecule has 0 fully saturated rings. The van der Waals surface area contributed by atoms with Gasteiger partial charge in [0, 0.05) is 6.04 Å². The number of thioether (sulfide) groups is 1. The molecule has 0 bridgehead atoms. The normalized spacial score (nSPS) is 12.1. The summed E-state index contributed by atoms with van der Waals surface area (Å²) in [7, 11) is 0. The number of carbonyl (C=O) groups is 1. The van der Waals surface area contributed by atoms with Crippen LogP contribution < -0.4 is 5.32 Å². The minimum atomic E-state index is 0.0211. The second kappa shape index (κ2) is 10.9. The van der Waals surface area contributed by atoms with Crippen LogP contribution in [-0.4, -0.2) is 32.5 Å². The Morgan fingerprint density at radius 1 is 1.17 bits per heavy atom. The monoisotopic (exact) mass is 412 g/mol. The topological polar surface area (TPSA) is 73.0 Å². The van der Waals surface area contributed by atoms with Crippen molar-refractivity contribution in [3.8, 4) is 11.6 Å². The van der Waals surface area contributed by atoms with Crippen LogP contribution in [0.5, 0.6) is 0 Å². The van der Waals surface area contributed by atoms with E-state index in [1.54, 1.807) is 6.26 Å². The van der Waals surface area contributed by atoms with E-state index in [0.29, 0.717) is 29.0 Å². The number of hydrogen-bond acceptors (Lipinski definition) is 5. The zero-order valence-corrected chi connectivity index (χ0v) is 17.8. The van der Waals surface area contributed by atoms with Crippen LogP contribution in [-0.2, 0) is 11.3 Å². The number of nitrogens with one attached hydrogen (secondary N) is 1. The average molecular weight is 413 g/mol. The minimum absolute atomic E-state index is 0.0211. The van der Waals surface area contributed by atoms with Gasteiger partial charge in [-0.2, -0.15) is 0 Å². The number of unbranched alkanes of at least 4 members (excludes halogenated alkanes) is 2. The van der Waals surface area contributed by atoms with Crippen molar-refractivity contribution in [2.75, 3.05) is 5.75 Å². The highest BCUT2D eigenvalue weighted by Gasteiger charge is 2.18. The lowest BCUT2D eigenvalue weighted by Gasteiger charge is -2.13. The molecule has 154 valence electrons. The summed E-state index contributed by atoms with van der Waals surface area (Å²) in [5.41, 5.74) is 1.14. The fraction of sp³-hybridized carbons (Fsp3) is 0.409. The number of nitrogens with zero attached hydrogens (tertiary/aromatic N) is 3. The molecular formula is C22H28N4O2S. The van der Waals surface area contributed by atoms with Gasteiger partial charge in [-0.15, -0.1) is 10.2 Å². The standard InChI is InChI=1S/C22H28N4O2S/c1-3-4-6-10-17(2)23-20(27)16-29-22-25-24-21(19-13-9-14-28-19)26(22)15-18-11-7-5-8-12-18/h5,7-9,11-14,17H,3-4,6,10,15-16H2,1-2H3,(H,23,27)/t17-/m1/s1. The predicted octanol–water partition coefficient (Wildman–Crippen LogP) is 4.76. The van der Waals surface area contributed by atoms with E-state index < -0.39 is 0 Å². The van der Waals surface area contributed by atoms with E-state index in [1.807, 2.05) is 34.9 Å². The van der Waals surface area contributed by atoms with Gasteiger partial charge in [-0.3, -0.25) is 9.36 Å². The minimum Gasteiger partial charge on any atom is -0.461 e. The molecule has 1 amide bonds. The van der Waals surface area contributed by atoms with Crippen molar-refractivity contribution in [2.24, 2.45) is 0 Å². The summed E-state index contributed by atoms with van der Waals surface area (Å²) in [4.78, 5) is 12.4. The van der Waals surface area contributed by atoms with Gasteiger partial charge in [-0.05, 0) is 31.0 Å². The lowest BCUT2D eigenvalue weighted by atomic mass is 10.1. The molecule has 6 nitrogen and oxygen atoms in total. The summed E-state index contributed by atoms with van der Waals surface area (Å²) in [5, 5.41) is 12.4. The fourth-order valence-corrected chi connectivity index (χ4v) is 3.86. The molecule has 0 radical (unpaired) electrons. The van der Waals surface area contributed by atoms with Gasteiger partial charge in [0.1, 0.15) is 0 Å². The van der Waals surface area contributed by atoms with Gasteiger partial charge in [0.2, 0.25) is 11.7 Å². The van der Waals surface area contributed by atoms with Crippen molar-refractivity contribution in [1.82, 2.24) is 20.1 Å². The Labute approximate surface area is 176 Å². The Morgan fingerprint density at radius 2 is 2.00 bits per heavy atom. The number of aromatic nitrogens is 3. The molecule has 0 aliphatic carbocycles. The van der Waals surface area contributed by atoms with E-state index in [9.17, 15) is 4.79 Å². The summed E-state index contributed by atoms with van der Waals surface area (Å²) < 4.78 is 7.52. The molecule has 0 spiro atoms. The number of furan rings is 1. The summed E-state index contributed by atoms with van der Waals surface area (Å²) in [6, 6.07) is 14.0. The van der Waals surface area contributed by atoms with E-state index in [2.05, 4.69) is 41.5 Å². The predicted molar refractivity (Wildman–Crippen MR) is 116 cm³/mol. The maximum absolute atomic E-state index is 12.4. The Bertz CT molecular complexity index is 878. The zero-order valence-electron chi connectivity index (χ0n) is 17.0. The second-order valence-electron chi connectivity index (χ2n) is 7.11. The molecule has 3 rings (SSSR count). The molecule has 1 N–H and O–H groups in total. The van der Waals surface area contributed by atoms with Crippen LogP contribution in [0, 0.1) is 0 Å². The molecule has 1 atom stereocenters. The third-order valence-electron chi connectivity index (χ3n) is 4.62. The first-order valence-electron chi connectivity index (χ1n) is 10.1. The Morgan fingerprint density at radius 3 is 2.72 bits per heavy atom. The average Bonchev–Trinajstić information content (AvgIpc) is 3.37. The maximum Gasteiger partial charge on any atom is 0.230 e. The van der Waals surface area contributed by atoms with Gasteiger partial charge in [-0.1, -0.05) is 68.3 Å². The van der Waals surface area contributed by atoms with Gasteiger partial charge in [0.25, 0.3) is 0 Å². The number of rotatable bonds is 11. The Kier molecular flexibility index (Phi) is 7.93. The Balaban J connectivity index is 1.66. The van der Waals surface area contributed by atoms with E-state index in [4.69, 9.17) is 4.42 Å². The van der Waals surface area contributed by atoms with Crippen LogP contribution >= 0.6 is 11.8 Å². The zero-order chi connectivity index (χ0) is 20.5. The summed E-state index contributed by atoms with van der Waals surface area (Å²) in [6.07, 6.45) is 6.16. The lowest BCUT2D eigenvalue weighted by Crippen LogP contribution is -2.33. The van der Waals surface area contributed by atoms with Gasteiger partial charge < -0.3 is 9.73 Å². The van der Waals surface area contributed by atoms with E-state index in [1.165, 1.54) is 24.6 Å². The number of carbonyl (C=O) groups excluding carboxylic acids is 1. The van der Waals surface area contributed by atoms with E-state index >= 15 is 0 Å². The van der Waals surface area contributed by atoms with Crippen LogP contribution in [0.1, 0.15) is 45.1 Å².